The van der Waals surface area contributed by atoms with Crippen molar-refractivity contribution in [3.63, 3.8) is 0 Å². The lowest BCUT2D eigenvalue weighted by molar-refractivity contribution is 0.100. The highest BCUT2D eigenvalue weighted by molar-refractivity contribution is 5.99. The molecule has 5 aromatic rings. The average molecular weight is 467 g/mol. The van der Waals surface area contributed by atoms with Crippen LogP contribution in [0.4, 0.5) is 5.69 Å². The number of carbonyl (C=O) groups excluding carboxylic acids is 1. The number of fused-ring (bicyclic) bond motifs is 1. The highest BCUT2D eigenvalue weighted by Gasteiger charge is 2.21. The van der Waals surface area contributed by atoms with Crippen molar-refractivity contribution in [2.24, 2.45) is 5.73 Å². The first-order valence-electron chi connectivity index (χ1n) is 11.5. The van der Waals surface area contributed by atoms with E-state index in [-0.39, 0.29) is 5.92 Å². The molecule has 0 radical (unpaired) electrons. The van der Waals surface area contributed by atoms with Gasteiger partial charge >= 0.3 is 0 Å². The summed E-state index contributed by atoms with van der Waals surface area (Å²) in [5.74, 6) is -0.327. The first kappa shape index (κ1) is 22.3. The molecule has 5 rings (SSSR count). The first-order valence-corrected chi connectivity index (χ1v) is 11.5. The van der Waals surface area contributed by atoms with Crippen molar-refractivity contribution in [2.45, 2.75) is 26.7 Å². The summed E-state index contributed by atoms with van der Waals surface area (Å²) in [5.41, 5.74) is 11.8. The average Bonchev–Trinajstić information content (AvgIpc) is 3.50. The highest BCUT2D eigenvalue weighted by Crippen LogP contribution is 2.32. The number of rotatable bonds is 7. The van der Waals surface area contributed by atoms with Crippen LogP contribution in [0.2, 0.25) is 0 Å². The van der Waals surface area contributed by atoms with Crippen molar-refractivity contribution >= 4 is 22.6 Å². The fourth-order valence-electron chi connectivity index (χ4n) is 4.19. The molecule has 4 heterocycles. The number of amides is 1. The normalized spacial score (nSPS) is 11.3. The molecule has 0 bridgehead atoms. The van der Waals surface area contributed by atoms with Gasteiger partial charge in [-0.1, -0.05) is 13.8 Å². The summed E-state index contributed by atoms with van der Waals surface area (Å²) in [7, 11) is 0. The molecule has 0 saturated heterocycles. The Bertz CT molecular complexity index is 1520. The zero-order chi connectivity index (χ0) is 24.5. The molecule has 9 nitrogen and oxygen atoms in total. The summed E-state index contributed by atoms with van der Waals surface area (Å²) in [5, 5.41) is 9.12. The number of anilines is 1. The van der Waals surface area contributed by atoms with Crippen molar-refractivity contribution in [1.29, 1.82) is 0 Å². The van der Waals surface area contributed by atoms with E-state index in [1.807, 2.05) is 52.7 Å². The molecule has 4 aromatic heterocycles. The highest BCUT2D eigenvalue weighted by atomic mass is 16.1. The SMILES string of the molecule is CCNc1cc(-n2nc(C(C)C)c3c(-n4cnc(-c5cccnc5)c4)ccnc32)ccc1C(N)=O. The molecule has 35 heavy (non-hydrogen) atoms. The maximum Gasteiger partial charge on any atom is 0.250 e. The zero-order valence-corrected chi connectivity index (χ0v) is 19.8. The molecule has 0 fully saturated rings. The number of nitrogens with two attached hydrogens (primary N) is 1. The maximum atomic E-state index is 11.9. The van der Waals surface area contributed by atoms with E-state index in [1.54, 1.807) is 31.0 Å². The van der Waals surface area contributed by atoms with E-state index in [9.17, 15) is 4.79 Å². The molecular weight excluding hydrogens is 440 g/mol. The van der Waals surface area contributed by atoms with Crippen LogP contribution in [0.1, 0.15) is 42.7 Å². The third-order valence-electron chi connectivity index (χ3n) is 5.82. The van der Waals surface area contributed by atoms with Crippen LogP contribution in [0.5, 0.6) is 0 Å². The van der Waals surface area contributed by atoms with Gasteiger partial charge in [0.2, 0.25) is 0 Å². The molecule has 1 aromatic carbocycles. The smallest absolute Gasteiger partial charge is 0.250 e. The Balaban J connectivity index is 1.68. The van der Waals surface area contributed by atoms with Gasteiger partial charge in [-0.2, -0.15) is 5.10 Å². The number of nitrogens with one attached hydrogen (secondary N) is 1. The lowest BCUT2D eigenvalue weighted by atomic mass is 10.1. The molecule has 0 aliphatic rings. The number of pyridine rings is 2. The van der Waals surface area contributed by atoms with Crippen LogP contribution in [0.3, 0.4) is 0 Å². The van der Waals surface area contributed by atoms with E-state index in [2.05, 4.69) is 34.1 Å². The molecule has 1 amide bonds. The van der Waals surface area contributed by atoms with E-state index in [1.165, 1.54) is 0 Å². The third-order valence-corrected chi connectivity index (χ3v) is 5.82. The van der Waals surface area contributed by atoms with Crippen LogP contribution in [0.15, 0.2) is 67.5 Å². The Morgan fingerprint density at radius 3 is 2.71 bits per heavy atom. The van der Waals surface area contributed by atoms with Gasteiger partial charge in [0.15, 0.2) is 5.65 Å². The number of imidazole rings is 1. The molecule has 0 atom stereocenters. The summed E-state index contributed by atoms with van der Waals surface area (Å²) >= 11 is 0. The minimum atomic E-state index is -0.481. The third kappa shape index (κ3) is 4.01. The standard InChI is InChI=1S/C26H26N8O/c1-4-29-20-12-18(7-8-19(20)25(27)35)34-26-23(24(32-34)16(2)3)22(9-11-30-26)33-14-21(31-15-33)17-6-5-10-28-13-17/h5-16,29H,4H2,1-3H3,(H2,27,35). The van der Waals surface area contributed by atoms with E-state index >= 15 is 0 Å². The minimum absolute atomic E-state index is 0.154. The lowest BCUT2D eigenvalue weighted by Gasteiger charge is -2.11. The van der Waals surface area contributed by atoms with Crippen molar-refractivity contribution in [3.05, 3.63) is 78.8 Å². The van der Waals surface area contributed by atoms with Crippen LogP contribution in [0, 0.1) is 0 Å². The van der Waals surface area contributed by atoms with Crippen molar-refractivity contribution in [3.8, 4) is 22.6 Å². The van der Waals surface area contributed by atoms with Crippen molar-refractivity contribution < 1.29 is 4.79 Å². The van der Waals surface area contributed by atoms with Crippen LogP contribution < -0.4 is 11.1 Å². The van der Waals surface area contributed by atoms with Gasteiger partial charge in [-0.15, -0.1) is 0 Å². The first-order chi connectivity index (χ1) is 17.0. The van der Waals surface area contributed by atoms with Crippen molar-refractivity contribution in [2.75, 3.05) is 11.9 Å². The van der Waals surface area contributed by atoms with Gasteiger partial charge in [0.05, 0.1) is 40.0 Å². The Labute approximate surface area is 202 Å². The maximum absolute atomic E-state index is 11.9. The number of primary amides is 1. The van der Waals surface area contributed by atoms with Crippen LogP contribution in [-0.4, -0.2) is 41.8 Å². The molecule has 0 aliphatic heterocycles. The van der Waals surface area contributed by atoms with Crippen LogP contribution >= 0.6 is 0 Å². The Morgan fingerprint density at radius 2 is 2.00 bits per heavy atom. The summed E-state index contributed by atoms with van der Waals surface area (Å²) in [6.07, 6.45) is 9.09. The summed E-state index contributed by atoms with van der Waals surface area (Å²) < 4.78 is 3.81. The van der Waals surface area contributed by atoms with Gasteiger partial charge in [-0.3, -0.25) is 9.78 Å². The molecule has 9 heteroatoms. The number of hydrogen-bond acceptors (Lipinski definition) is 6. The number of carbonyl (C=O) groups is 1. The molecule has 0 spiro atoms. The van der Waals surface area contributed by atoms with E-state index in [4.69, 9.17) is 10.8 Å². The number of nitrogens with zero attached hydrogens (tertiary/aromatic N) is 6. The summed E-state index contributed by atoms with van der Waals surface area (Å²) in [6.45, 7) is 6.84. The topological polar surface area (TPSA) is 117 Å². The fourth-order valence-corrected chi connectivity index (χ4v) is 4.19. The fraction of sp³-hybridized carbons (Fsp3) is 0.192. The Kier molecular flexibility index (Phi) is 5.74. The predicted molar refractivity (Wildman–Crippen MR) is 136 cm³/mol. The zero-order valence-electron chi connectivity index (χ0n) is 19.8. The van der Waals surface area contributed by atoms with E-state index in [0.717, 1.165) is 39.4 Å². The largest absolute Gasteiger partial charge is 0.385 e. The monoisotopic (exact) mass is 466 g/mol. The second kappa shape index (κ2) is 9.02. The van der Waals surface area contributed by atoms with Gasteiger partial charge < -0.3 is 15.6 Å². The Hall–Kier alpha value is -4.53. The quantitative estimate of drug-likeness (QED) is 0.369. The van der Waals surface area contributed by atoms with Gasteiger partial charge in [-0.25, -0.2) is 14.6 Å². The summed E-state index contributed by atoms with van der Waals surface area (Å²) in [6, 6.07) is 11.3. The number of aromatic nitrogens is 6. The van der Waals surface area contributed by atoms with Gasteiger partial charge in [0, 0.05) is 42.6 Å². The molecule has 0 aliphatic carbocycles. The number of hydrogen-bond donors (Lipinski definition) is 2. The van der Waals surface area contributed by atoms with Crippen molar-refractivity contribution in [1.82, 2.24) is 29.3 Å². The van der Waals surface area contributed by atoms with Gasteiger partial charge in [0.25, 0.3) is 5.91 Å². The van der Waals surface area contributed by atoms with E-state index < -0.39 is 5.91 Å². The predicted octanol–water partition coefficient (Wildman–Crippen LogP) is 4.32. The van der Waals surface area contributed by atoms with E-state index in [0.29, 0.717) is 17.8 Å². The molecule has 0 saturated carbocycles. The van der Waals surface area contributed by atoms with Gasteiger partial charge in [0.1, 0.15) is 0 Å². The second-order valence-corrected chi connectivity index (χ2v) is 8.51. The summed E-state index contributed by atoms with van der Waals surface area (Å²) in [4.78, 5) is 25.4. The molecular formula is C26H26N8O. The van der Waals surface area contributed by atoms with Crippen LogP contribution in [0.25, 0.3) is 33.7 Å². The molecule has 3 N–H and O–H groups in total. The number of benzene rings is 1. The second-order valence-electron chi connectivity index (χ2n) is 8.51. The van der Waals surface area contributed by atoms with Crippen LogP contribution in [-0.2, 0) is 0 Å². The van der Waals surface area contributed by atoms with Gasteiger partial charge in [-0.05, 0) is 49.2 Å². The Morgan fingerprint density at radius 1 is 1.14 bits per heavy atom. The minimum Gasteiger partial charge on any atom is -0.385 e. The molecule has 176 valence electrons. The molecule has 0 unspecified atom stereocenters. The lowest BCUT2D eigenvalue weighted by Crippen LogP contribution is -2.15.